The molecule has 0 aromatic heterocycles. The van der Waals surface area contributed by atoms with Crippen molar-refractivity contribution in [3.63, 3.8) is 0 Å². The van der Waals surface area contributed by atoms with E-state index in [1.807, 2.05) is 23.5 Å². The summed E-state index contributed by atoms with van der Waals surface area (Å²) in [4.78, 5) is 0. The van der Waals surface area contributed by atoms with Gasteiger partial charge in [-0.05, 0) is 0 Å². The summed E-state index contributed by atoms with van der Waals surface area (Å²) in [5.74, 6) is 0. The Morgan fingerprint density at radius 2 is 1.75 bits per heavy atom. The van der Waals surface area contributed by atoms with Crippen molar-refractivity contribution >= 4 is 16.0 Å². The Labute approximate surface area is 57.7 Å². The normalized spacial score (nSPS) is 9.12. The van der Waals surface area contributed by atoms with Gasteiger partial charge >= 0.3 is 57.2 Å². The van der Waals surface area contributed by atoms with Crippen LogP contribution in [0.25, 0.3) is 0 Å². The molecule has 1 aromatic rings. The van der Waals surface area contributed by atoms with Crippen molar-refractivity contribution < 1.29 is 0 Å². The average molecular weight is 170 g/mol. The van der Waals surface area contributed by atoms with Gasteiger partial charge in [-0.1, -0.05) is 0 Å². The first-order valence-electron chi connectivity index (χ1n) is 2.46. The zero-order chi connectivity index (χ0) is 5.82. The van der Waals surface area contributed by atoms with Crippen LogP contribution in [-0.4, -0.2) is 16.0 Å². The molecule has 0 aliphatic carbocycles. The summed E-state index contributed by atoms with van der Waals surface area (Å²) >= 11 is 2.44. The zero-order valence-corrected chi connectivity index (χ0v) is 6.29. The van der Waals surface area contributed by atoms with Crippen LogP contribution in [0.3, 0.4) is 0 Å². The second kappa shape index (κ2) is 2.91. The van der Waals surface area contributed by atoms with E-state index in [0.29, 0.717) is 0 Å². The van der Waals surface area contributed by atoms with E-state index in [1.165, 1.54) is 5.56 Å². The molecule has 0 atom stereocenters. The molecule has 0 N–H and O–H groups in total. The fraction of sp³-hybridized carbons (Fsp3) is 0. The first-order valence-corrected chi connectivity index (χ1v) is 3.54. The van der Waals surface area contributed by atoms with E-state index in [1.54, 1.807) is 0 Å². The molecule has 8 heavy (non-hydrogen) atoms. The first kappa shape index (κ1) is 5.87. The zero-order valence-electron chi connectivity index (χ0n) is 4.41. The van der Waals surface area contributed by atoms with E-state index < -0.39 is 0 Å². The van der Waals surface area contributed by atoms with E-state index in [9.17, 15) is 0 Å². The van der Waals surface area contributed by atoms with Gasteiger partial charge in [0.25, 0.3) is 0 Å². The molecular formula is C7H7Se. The van der Waals surface area contributed by atoms with E-state index in [0.717, 1.165) is 0 Å². The maximum absolute atomic E-state index is 2.44. The van der Waals surface area contributed by atoms with Crippen LogP contribution in [-0.2, 0) is 0 Å². The fourth-order valence-corrected chi connectivity index (χ4v) is 0.900. The third-order valence-electron chi connectivity index (χ3n) is 0.949. The van der Waals surface area contributed by atoms with Gasteiger partial charge in [0.05, 0.1) is 0 Å². The molecule has 0 unspecified atom stereocenters. The quantitative estimate of drug-likeness (QED) is 0.553. The molecule has 1 heteroatoms. The van der Waals surface area contributed by atoms with Crippen LogP contribution in [0.4, 0.5) is 0 Å². The summed E-state index contributed by atoms with van der Waals surface area (Å²) in [5, 5.41) is 2.02. The van der Waals surface area contributed by atoms with E-state index >= 15 is 0 Å². The van der Waals surface area contributed by atoms with Crippen LogP contribution in [0, 0.1) is 5.32 Å². The van der Waals surface area contributed by atoms with Crippen molar-refractivity contribution in [3.8, 4) is 0 Å². The second-order valence-electron chi connectivity index (χ2n) is 1.54. The van der Waals surface area contributed by atoms with Crippen molar-refractivity contribution in [3.05, 3.63) is 41.2 Å². The van der Waals surface area contributed by atoms with Gasteiger partial charge in [-0.2, -0.15) is 0 Å². The Morgan fingerprint density at radius 3 is 2.12 bits per heavy atom. The van der Waals surface area contributed by atoms with Gasteiger partial charge in [-0.3, -0.25) is 0 Å². The van der Waals surface area contributed by atoms with Crippen molar-refractivity contribution in [2.45, 2.75) is 0 Å². The monoisotopic (exact) mass is 171 g/mol. The van der Waals surface area contributed by atoms with Crippen LogP contribution in [0.2, 0.25) is 0 Å². The molecule has 1 rings (SSSR count). The van der Waals surface area contributed by atoms with E-state index in [2.05, 4.69) is 28.1 Å². The molecule has 0 spiro atoms. The summed E-state index contributed by atoms with van der Waals surface area (Å²) in [5.41, 5.74) is 1.26. The number of rotatable bonds is 1. The van der Waals surface area contributed by atoms with Crippen molar-refractivity contribution in [2.75, 3.05) is 0 Å². The summed E-state index contributed by atoms with van der Waals surface area (Å²) in [7, 11) is 0. The third-order valence-corrected chi connectivity index (χ3v) is 1.57. The van der Waals surface area contributed by atoms with Gasteiger partial charge in [-0.25, -0.2) is 0 Å². The molecule has 0 nitrogen and oxygen atoms in total. The molecule has 0 heterocycles. The summed E-state index contributed by atoms with van der Waals surface area (Å²) in [6.45, 7) is 0. The Morgan fingerprint density at radius 1 is 1.12 bits per heavy atom. The summed E-state index contributed by atoms with van der Waals surface area (Å²) in [6.07, 6.45) is 0. The first-order chi connectivity index (χ1) is 3.93. The molecule has 0 saturated carbocycles. The summed E-state index contributed by atoms with van der Waals surface area (Å²) < 4.78 is 0. The minimum absolute atomic E-state index is 1.26. The topological polar surface area (TPSA) is 0 Å². The number of hydrogen-bond donors (Lipinski definition) is 0. The SMILES string of the molecule is [SeH][CH]c1ccccc1. The van der Waals surface area contributed by atoms with Gasteiger partial charge in [0, 0.05) is 0 Å². The van der Waals surface area contributed by atoms with Crippen molar-refractivity contribution in [1.82, 2.24) is 0 Å². The van der Waals surface area contributed by atoms with E-state index in [4.69, 9.17) is 0 Å². The molecule has 0 fully saturated rings. The Hall–Kier alpha value is -0.261. The van der Waals surface area contributed by atoms with Crippen LogP contribution >= 0.6 is 0 Å². The van der Waals surface area contributed by atoms with Crippen LogP contribution < -0.4 is 0 Å². The Bertz CT molecular complexity index is 146. The molecule has 0 saturated heterocycles. The van der Waals surface area contributed by atoms with Gasteiger partial charge in [-0.15, -0.1) is 0 Å². The molecule has 0 bridgehead atoms. The van der Waals surface area contributed by atoms with Crippen LogP contribution in [0.15, 0.2) is 30.3 Å². The molecule has 1 radical (unpaired) electrons. The molecule has 1 aromatic carbocycles. The fourth-order valence-electron chi connectivity index (χ4n) is 0.539. The van der Waals surface area contributed by atoms with Gasteiger partial charge in [0.15, 0.2) is 0 Å². The summed E-state index contributed by atoms with van der Waals surface area (Å²) in [6, 6.07) is 10.2. The Balaban J connectivity index is 2.83. The molecular weight excluding hydrogens is 163 g/mol. The standard InChI is InChI=1S/C7H7Se/c8-6-7-4-2-1-3-5-7/h1-6,8H. The van der Waals surface area contributed by atoms with Crippen LogP contribution in [0.1, 0.15) is 5.56 Å². The number of benzene rings is 1. The average Bonchev–Trinajstić information content (AvgIpc) is 1.90. The van der Waals surface area contributed by atoms with Gasteiger partial charge < -0.3 is 0 Å². The molecule has 0 amide bonds. The van der Waals surface area contributed by atoms with E-state index in [-0.39, 0.29) is 0 Å². The molecule has 0 aliphatic rings. The molecule has 41 valence electrons. The minimum atomic E-state index is 1.26. The predicted molar refractivity (Wildman–Crippen MR) is 37.0 cm³/mol. The second-order valence-corrected chi connectivity index (χ2v) is 2.08. The van der Waals surface area contributed by atoms with Crippen LogP contribution in [0.5, 0.6) is 0 Å². The predicted octanol–water partition coefficient (Wildman–Crippen LogP) is 1.10. The Kier molecular flexibility index (Phi) is 2.13. The van der Waals surface area contributed by atoms with Crippen molar-refractivity contribution in [1.29, 1.82) is 0 Å². The third kappa shape index (κ3) is 1.36. The molecule has 0 aliphatic heterocycles. The van der Waals surface area contributed by atoms with Gasteiger partial charge in [0.2, 0.25) is 0 Å². The maximum atomic E-state index is 2.44. The number of hydrogen-bond acceptors (Lipinski definition) is 0. The van der Waals surface area contributed by atoms with Gasteiger partial charge in [0.1, 0.15) is 0 Å². The van der Waals surface area contributed by atoms with Crippen molar-refractivity contribution in [2.24, 2.45) is 0 Å².